The van der Waals surface area contributed by atoms with Crippen molar-refractivity contribution in [3.8, 4) is 0 Å². The minimum absolute atomic E-state index is 0.217. The van der Waals surface area contributed by atoms with Crippen LogP contribution in [-0.4, -0.2) is 54.8 Å². The first-order valence-electron chi connectivity index (χ1n) is 6.69. The standard InChI is InChI=1S/C13H22N4O2/c14-13(18)11-15-10-12-2-1-3-17(12)5-4-16-6-8-19-9-7-16/h1-3,15H,4-11H2,(H2,14,18). The van der Waals surface area contributed by atoms with Crippen molar-refractivity contribution in [1.29, 1.82) is 0 Å². The Morgan fingerprint density at radius 1 is 1.37 bits per heavy atom. The van der Waals surface area contributed by atoms with Crippen LogP contribution < -0.4 is 11.1 Å². The molecule has 19 heavy (non-hydrogen) atoms. The van der Waals surface area contributed by atoms with Gasteiger partial charge < -0.3 is 20.4 Å². The second kappa shape index (κ2) is 7.28. The van der Waals surface area contributed by atoms with E-state index in [1.807, 2.05) is 6.07 Å². The van der Waals surface area contributed by atoms with E-state index in [0.717, 1.165) is 39.4 Å². The molecule has 1 aromatic heterocycles. The Bertz CT molecular complexity index is 399. The summed E-state index contributed by atoms with van der Waals surface area (Å²) in [5.41, 5.74) is 6.27. The Hall–Kier alpha value is -1.37. The summed E-state index contributed by atoms with van der Waals surface area (Å²) in [6.07, 6.45) is 2.07. The van der Waals surface area contributed by atoms with Crippen molar-refractivity contribution in [2.75, 3.05) is 39.4 Å². The summed E-state index contributed by atoms with van der Waals surface area (Å²) in [6.45, 7) is 6.56. The van der Waals surface area contributed by atoms with E-state index in [1.165, 1.54) is 5.69 Å². The molecule has 0 bridgehead atoms. The summed E-state index contributed by atoms with van der Waals surface area (Å²) in [5, 5.41) is 3.04. The van der Waals surface area contributed by atoms with Crippen molar-refractivity contribution < 1.29 is 9.53 Å². The van der Waals surface area contributed by atoms with Gasteiger partial charge in [-0.1, -0.05) is 0 Å². The third-order valence-electron chi connectivity index (χ3n) is 3.29. The predicted octanol–water partition coefficient (Wildman–Crippen LogP) is -0.605. The van der Waals surface area contributed by atoms with Gasteiger partial charge in [0.1, 0.15) is 0 Å². The summed E-state index contributed by atoms with van der Waals surface area (Å²) >= 11 is 0. The number of amides is 1. The van der Waals surface area contributed by atoms with Gasteiger partial charge in [0.15, 0.2) is 0 Å². The molecule has 0 aromatic carbocycles. The number of aromatic nitrogens is 1. The molecule has 1 aliphatic heterocycles. The van der Waals surface area contributed by atoms with Crippen molar-refractivity contribution >= 4 is 5.91 Å². The molecule has 0 unspecified atom stereocenters. The molecule has 106 valence electrons. The second-order valence-electron chi connectivity index (χ2n) is 4.72. The van der Waals surface area contributed by atoms with E-state index < -0.39 is 0 Å². The van der Waals surface area contributed by atoms with Crippen molar-refractivity contribution in [2.45, 2.75) is 13.1 Å². The van der Waals surface area contributed by atoms with Crippen LogP contribution in [0.3, 0.4) is 0 Å². The Morgan fingerprint density at radius 2 is 2.16 bits per heavy atom. The molecule has 0 radical (unpaired) electrons. The van der Waals surface area contributed by atoms with Crippen LogP contribution in [0, 0.1) is 0 Å². The van der Waals surface area contributed by atoms with Crippen molar-refractivity contribution in [3.63, 3.8) is 0 Å². The summed E-state index contributed by atoms with van der Waals surface area (Å²) in [5.74, 6) is -0.327. The highest BCUT2D eigenvalue weighted by atomic mass is 16.5. The third-order valence-corrected chi connectivity index (χ3v) is 3.29. The number of nitrogens with zero attached hydrogens (tertiary/aromatic N) is 2. The maximum Gasteiger partial charge on any atom is 0.231 e. The molecule has 2 rings (SSSR count). The highest BCUT2D eigenvalue weighted by Crippen LogP contribution is 2.04. The molecule has 6 heteroatoms. The number of hydrogen-bond donors (Lipinski definition) is 2. The maximum absolute atomic E-state index is 10.7. The van der Waals surface area contributed by atoms with Gasteiger partial charge in [0, 0.05) is 44.6 Å². The number of carbonyl (C=O) groups excluding carboxylic acids is 1. The molecule has 1 saturated heterocycles. The van der Waals surface area contributed by atoms with Gasteiger partial charge in [0.2, 0.25) is 5.91 Å². The molecule has 0 saturated carbocycles. The molecular weight excluding hydrogens is 244 g/mol. The number of nitrogens with one attached hydrogen (secondary N) is 1. The van der Waals surface area contributed by atoms with E-state index in [1.54, 1.807) is 0 Å². The van der Waals surface area contributed by atoms with E-state index in [4.69, 9.17) is 10.5 Å². The average molecular weight is 266 g/mol. The molecule has 0 spiro atoms. The fourth-order valence-corrected chi connectivity index (χ4v) is 2.22. The lowest BCUT2D eigenvalue weighted by Gasteiger charge is -2.27. The Balaban J connectivity index is 1.76. The van der Waals surface area contributed by atoms with Crippen LogP contribution in [0.2, 0.25) is 0 Å². The van der Waals surface area contributed by atoms with E-state index in [2.05, 4.69) is 27.0 Å². The van der Waals surface area contributed by atoms with Gasteiger partial charge >= 0.3 is 0 Å². The summed E-state index contributed by atoms with van der Waals surface area (Å²) in [6, 6.07) is 4.09. The lowest BCUT2D eigenvalue weighted by atomic mass is 10.4. The van der Waals surface area contributed by atoms with E-state index in [-0.39, 0.29) is 12.5 Å². The first-order chi connectivity index (χ1) is 9.25. The van der Waals surface area contributed by atoms with Gasteiger partial charge in [-0.05, 0) is 12.1 Å². The zero-order chi connectivity index (χ0) is 13.5. The molecule has 0 atom stereocenters. The molecular formula is C13H22N4O2. The van der Waals surface area contributed by atoms with Crippen LogP contribution in [0.15, 0.2) is 18.3 Å². The van der Waals surface area contributed by atoms with Crippen LogP contribution in [0.5, 0.6) is 0 Å². The number of hydrogen-bond acceptors (Lipinski definition) is 4. The lowest BCUT2D eigenvalue weighted by molar-refractivity contribution is -0.117. The van der Waals surface area contributed by atoms with Gasteiger partial charge in [-0.25, -0.2) is 0 Å². The monoisotopic (exact) mass is 266 g/mol. The predicted molar refractivity (Wildman–Crippen MR) is 72.6 cm³/mol. The summed E-state index contributed by atoms with van der Waals surface area (Å²) in [4.78, 5) is 13.1. The quantitative estimate of drug-likeness (QED) is 0.691. The average Bonchev–Trinajstić information content (AvgIpc) is 2.85. The summed E-state index contributed by atoms with van der Waals surface area (Å²) in [7, 11) is 0. The van der Waals surface area contributed by atoms with Crippen LogP contribution in [-0.2, 0) is 22.6 Å². The van der Waals surface area contributed by atoms with Crippen LogP contribution in [0.1, 0.15) is 5.69 Å². The Labute approximate surface area is 113 Å². The zero-order valence-electron chi connectivity index (χ0n) is 11.2. The highest BCUT2D eigenvalue weighted by molar-refractivity contribution is 5.75. The van der Waals surface area contributed by atoms with Crippen molar-refractivity contribution in [1.82, 2.24) is 14.8 Å². The fraction of sp³-hybridized carbons (Fsp3) is 0.615. The normalized spacial score (nSPS) is 16.6. The SMILES string of the molecule is NC(=O)CNCc1cccn1CCN1CCOCC1. The van der Waals surface area contributed by atoms with Crippen LogP contribution >= 0.6 is 0 Å². The fourth-order valence-electron chi connectivity index (χ4n) is 2.22. The number of carbonyl (C=O) groups is 1. The zero-order valence-corrected chi connectivity index (χ0v) is 11.2. The van der Waals surface area contributed by atoms with Gasteiger partial charge in [0.25, 0.3) is 0 Å². The van der Waals surface area contributed by atoms with E-state index >= 15 is 0 Å². The first-order valence-corrected chi connectivity index (χ1v) is 6.69. The topological polar surface area (TPSA) is 72.5 Å². The lowest BCUT2D eigenvalue weighted by Crippen LogP contribution is -2.38. The number of rotatable bonds is 7. The van der Waals surface area contributed by atoms with Gasteiger partial charge in [-0.2, -0.15) is 0 Å². The molecule has 3 N–H and O–H groups in total. The molecule has 1 aliphatic rings. The second-order valence-corrected chi connectivity index (χ2v) is 4.72. The molecule has 2 heterocycles. The van der Waals surface area contributed by atoms with Gasteiger partial charge in [-0.3, -0.25) is 9.69 Å². The highest BCUT2D eigenvalue weighted by Gasteiger charge is 2.10. The minimum atomic E-state index is -0.327. The molecule has 6 nitrogen and oxygen atoms in total. The third kappa shape index (κ3) is 4.66. The number of nitrogens with two attached hydrogens (primary N) is 1. The molecule has 0 aliphatic carbocycles. The van der Waals surface area contributed by atoms with Crippen LogP contribution in [0.4, 0.5) is 0 Å². The summed E-state index contributed by atoms with van der Waals surface area (Å²) < 4.78 is 7.55. The van der Waals surface area contributed by atoms with E-state index in [9.17, 15) is 4.79 Å². The van der Waals surface area contributed by atoms with Crippen molar-refractivity contribution in [3.05, 3.63) is 24.0 Å². The van der Waals surface area contributed by atoms with Crippen molar-refractivity contribution in [2.24, 2.45) is 5.73 Å². The Morgan fingerprint density at radius 3 is 2.89 bits per heavy atom. The van der Waals surface area contributed by atoms with Crippen LogP contribution in [0.25, 0.3) is 0 Å². The first kappa shape index (κ1) is 14.0. The number of primary amides is 1. The number of ether oxygens (including phenoxy) is 1. The largest absolute Gasteiger partial charge is 0.379 e. The molecule has 1 aromatic rings. The molecule has 1 fully saturated rings. The Kier molecular flexibility index (Phi) is 5.38. The smallest absolute Gasteiger partial charge is 0.231 e. The van der Waals surface area contributed by atoms with E-state index in [0.29, 0.717) is 6.54 Å². The minimum Gasteiger partial charge on any atom is -0.379 e. The maximum atomic E-state index is 10.7. The number of morpholine rings is 1. The van der Waals surface area contributed by atoms with Gasteiger partial charge in [0.05, 0.1) is 19.8 Å². The molecule has 1 amide bonds. The van der Waals surface area contributed by atoms with Gasteiger partial charge in [-0.15, -0.1) is 0 Å².